The van der Waals surface area contributed by atoms with Crippen molar-refractivity contribution >= 4 is 17.6 Å². The highest BCUT2D eigenvalue weighted by atomic mass is 35.5. The zero-order chi connectivity index (χ0) is 11.4. The number of alkyl halides is 1. The van der Waals surface area contributed by atoms with Gasteiger partial charge in [0.05, 0.1) is 18.2 Å². The first kappa shape index (κ1) is 11.5. The Morgan fingerprint density at radius 2 is 2.33 bits per heavy atom. The van der Waals surface area contributed by atoms with Crippen LogP contribution in [-0.4, -0.2) is 13.1 Å². The van der Waals surface area contributed by atoms with Crippen LogP contribution in [0.5, 0.6) is 0 Å². The average molecular weight is 228 g/mol. The smallest absolute Gasteiger partial charge is 0.339 e. The Morgan fingerprint density at radius 1 is 1.67 bits per heavy atom. The van der Waals surface area contributed by atoms with Crippen molar-refractivity contribution in [2.75, 3.05) is 7.11 Å². The highest BCUT2D eigenvalue weighted by Gasteiger charge is 2.18. The van der Waals surface area contributed by atoms with Gasteiger partial charge in [0, 0.05) is 5.88 Å². The Bertz CT molecular complexity index is 440. The summed E-state index contributed by atoms with van der Waals surface area (Å²) in [6.45, 7) is 0. The van der Waals surface area contributed by atoms with Gasteiger partial charge in [0.25, 0.3) is 0 Å². The van der Waals surface area contributed by atoms with Crippen LogP contribution in [0, 0.1) is 17.1 Å². The van der Waals surface area contributed by atoms with Crippen LogP contribution in [-0.2, 0) is 10.6 Å². The van der Waals surface area contributed by atoms with Crippen molar-refractivity contribution in [2.45, 2.75) is 5.88 Å². The summed E-state index contributed by atoms with van der Waals surface area (Å²) in [6, 6.07) is 3.81. The van der Waals surface area contributed by atoms with Crippen LogP contribution in [0.3, 0.4) is 0 Å². The topological polar surface area (TPSA) is 50.1 Å². The van der Waals surface area contributed by atoms with Crippen LogP contribution in [0.4, 0.5) is 4.39 Å². The lowest BCUT2D eigenvalue weighted by Gasteiger charge is -2.07. The maximum absolute atomic E-state index is 13.0. The van der Waals surface area contributed by atoms with Gasteiger partial charge >= 0.3 is 5.97 Å². The standard InChI is InChI=1S/C10H7ClFNO2/c1-15-10(14)9-6(4-11)2-8(12)3-7(9)5-13/h2-3H,4H2,1H3. The maximum atomic E-state index is 13.0. The number of nitriles is 1. The molecule has 5 heteroatoms. The number of carbonyl (C=O) groups excluding carboxylic acids is 1. The zero-order valence-electron chi connectivity index (χ0n) is 7.88. The van der Waals surface area contributed by atoms with Gasteiger partial charge in [-0.25, -0.2) is 9.18 Å². The predicted octanol–water partition coefficient (Wildman–Crippen LogP) is 2.22. The van der Waals surface area contributed by atoms with Crippen LogP contribution in [0.1, 0.15) is 21.5 Å². The van der Waals surface area contributed by atoms with E-state index in [2.05, 4.69) is 4.74 Å². The molecule has 0 radical (unpaired) electrons. The molecule has 0 heterocycles. The van der Waals surface area contributed by atoms with Gasteiger partial charge in [-0.3, -0.25) is 0 Å². The molecule has 0 N–H and O–H groups in total. The number of halogens is 2. The van der Waals surface area contributed by atoms with E-state index < -0.39 is 11.8 Å². The quantitative estimate of drug-likeness (QED) is 0.575. The normalized spacial score (nSPS) is 9.47. The maximum Gasteiger partial charge on any atom is 0.339 e. The Labute approximate surface area is 91.0 Å². The molecule has 0 aliphatic rings. The minimum absolute atomic E-state index is 0.0244. The van der Waals surface area contributed by atoms with Crippen LogP contribution < -0.4 is 0 Å². The number of esters is 1. The molecular formula is C10H7ClFNO2. The summed E-state index contributed by atoms with van der Waals surface area (Å²) in [5.74, 6) is -1.35. The van der Waals surface area contributed by atoms with E-state index >= 15 is 0 Å². The van der Waals surface area contributed by atoms with E-state index in [1.54, 1.807) is 6.07 Å². The third-order valence-electron chi connectivity index (χ3n) is 1.84. The van der Waals surface area contributed by atoms with Gasteiger partial charge in [0.1, 0.15) is 11.9 Å². The Morgan fingerprint density at radius 3 is 2.80 bits per heavy atom. The molecule has 0 aromatic heterocycles. The highest BCUT2D eigenvalue weighted by Crippen LogP contribution is 2.19. The number of hydrogen-bond donors (Lipinski definition) is 0. The minimum atomic E-state index is -0.692. The molecule has 0 bridgehead atoms. The van der Waals surface area contributed by atoms with Gasteiger partial charge in [-0.15, -0.1) is 11.6 Å². The molecular weight excluding hydrogens is 221 g/mol. The molecule has 0 unspecified atom stereocenters. The van der Waals surface area contributed by atoms with Gasteiger partial charge in [0.15, 0.2) is 0 Å². The minimum Gasteiger partial charge on any atom is -0.465 e. The number of carbonyl (C=O) groups is 1. The largest absolute Gasteiger partial charge is 0.465 e. The number of benzene rings is 1. The van der Waals surface area contributed by atoms with E-state index in [1.807, 2.05) is 0 Å². The van der Waals surface area contributed by atoms with E-state index in [1.165, 1.54) is 7.11 Å². The van der Waals surface area contributed by atoms with Gasteiger partial charge in [-0.05, 0) is 17.7 Å². The third kappa shape index (κ3) is 2.25. The van der Waals surface area contributed by atoms with Crippen molar-refractivity contribution in [1.82, 2.24) is 0 Å². The van der Waals surface area contributed by atoms with Crippen molar-refractivity contribution in [3.05, 3.63) is 34.6 Å². The molecule has 0 saturated carbocycles. The molecule has 1 aromatic rings. The summed E-state index contributed by atoms with van der Waals surface area (Å²) in [7, 11) is 1.19. The predicted molar refractivity (Wildman–Crippen MR) is 52.0 cm³/mol. The fourth-order valence-electron chi connectivity index (χ4n) is 1.20. The van der Waals surface area contributed by atoms with Gasteiger partial charge in [-0.2, -0.15) is 5.26 Å². The van der Waals surface area contributed by atoms with E-state index in [9.17, 15) is 9.18 Å². The van der Waals surface area contributed by atoms with Crippen LogP contribution >= 0.6 is 11.6 Å². The summed E-state index contributed by atoms with van der Waals surface area (Å²) in [5, 5.41) is 8.74. The van der Waals surface area contributed by atoms with E-state index in [0.717, 1.165) is 12.1 Å². The lowest BCUT2D eigenvalue weighted by Crippen LogP contribution is -2.08. The molecule has 3 nitrogen and oxygen atoms in total. The summed E-state index contributed by atoms with van der Waals surface area (Å²) in [6.07, 6.45) is 0. The molecule has 15 heavy (non-hydrogen) atoms. The Kier molecular flexibility index (Phi) is 3.64. The second kappa shape index (κ2) is 4.76. The Balaban J connectivity index is 3.45. The number of nitrogens with zero attached hydrogens (tertiary/aromatic N) is 1. The average Bonchev–Trinajstić information content (AvgIpc) is 2.26. The fraction of sp³-hybridized carbons (Fsp3) is 0.200. The summed E-state index contributed by atoms with van der Waals surface area (Å²) >= 11 is 5.55. The number of ether oxygens (including phenoxy) is 1. The Hall–Kier alpha value is -1.60. The molecule has 78 valence electrons. The molecule has 0 aliphatic heterocycles. The second-order valence-corrected chi connectivity index (χ2v) is 2.99. The molecule has 1 aromatic carbocycles. The molecule has 0 spiro atoms. The van der Waals surface area contributed by atoms with Crippen LogP contribution in [0.15, 0.2) is 12.1 Å². The number of methoxy groups -OCH3 is 1. The van der Waals surface area contributed by atoms with Crippen LogP contribution in [0.25, 0.3) is 0 Å². The SMILES string of the molecule is COC(=O)c1c(C#N)cc(F)cc1CCl. The number of rotatable bonds is 2. The lowest BCUT2D eigenvalue weighted by molar-refractivity contribution is 0.0599. The van der Waals surface area contributed by atoms with Crippen molar-refractivity contribution in [3.63, 3.8) is 0 Å². The first-order valence-corrected chi connectivity index (χ1v) is 4.54. The van der Waals surface area contributed by atoms with E-state index in [4.69, 9.17) is 16.9 Å². The first-order valence-electron chi connectivity index (χ1n) is 4.00. The zero-order valence-corrected chi connectivity index (χ0v) is 8.64. The fourth-order valence-corrected chi connectivity index (χ4v) is 1.41. The molecule has 0 atom stereocenters. The highest BCUT2D eigenvalue weighted by molar-refractivity contribution is 6.17. The molecule has 0 aliphatic carbocycles. The van der Waals surface area contributed by atoms with Crippen molar-refractivity contribution in [2.24, 2.45) is 0 Å². The van der Waals surface area contributed by atoms with Gasteiger partial charge in [-0.1, -0.05) is 0 Å². The van der Waals surface area contributed by atoms with Crippen molar-refractivity contribution in [3.8, 4) is 6.07 Å². The second-order valence-electron chi connectivity index (χ2n) is 2.72. The first-order chi connectivity index (χ1) is 7.13. The molecule has 0 amide bonds. The van der Waals surface area contributed by atoms with Crippen molar-refractivity contribution < 1.29 is 13.9 Å². The lowest BCUT2D eigenvalue weighted by atomic mass is 10.0. The third-order valence-corrected chi connectivity index (χ3v) is 2.13. The monoisotopic (exact) mass is 227 g/mol. The van der Waals surface area contributed by atoms with Gasteiger partial charge < -0.3 is 4.74 Å². The summed E-state index contributed by atoms with van der Waals surface area (Å²) < 4.78 is 17.5. The summed E-state index contributed by atoms with van der Waals surface area (Å²) in [5.41, 5.74) is 0.203. The summed E-state index contributed by atoms with van der Waals surface area (Å²) in [4.78, 5) is 11.3. The van der Waals surface area contributed by atoms with E-state index in [0.29, 0.717) is 0 Å². The number of hydrogen-bond acceptors (Lipinski definition) is 3. The molecule has 0 fully saturated rings. The van der Waals surface area contributed by atoms with Crippen molar-refractivity contribution in [1.29, 1.82) is 5.26 Å². The van der Waals surface area contributed by atoms with Gasteiger partial charge in [0.2, 0.25) is 0 Å². The molecule has 0 saturated heterocycles. The van der Waals surface area contributed by atoms with Crippen LogP contribution in [0.2, 0.25) is 0 Å². The molecule has 1 rings (SSSR count). The van der Waals surface area contributed by atoms with E-state index in [-0.39, 0.29) is 22.6 Å².